The van der Waals surface area contributed by atoms with Crippen LogP contribution >= 0.6 is 0 Å². The average Bonchev–Trinajstić information content (AvgIpc) is 2.17. The molecule has 1 N–H and O–H groups in total. The summed E-state index contributed by atoms with van der Waals surface area (Å²) in [6.07, 6.45) is 11.0. The summed E-state index contributed by atoms with van der Waals surface area (Å²) in [7, 11) is 2.05. The zero-order chi connectivity index (χ0) is 10.1. The SMILES string of the molecule is C#CCCCC(NC)C(CC)CC. The van der Waals surface area contributed by atoms with Crippen LogP contribution in [-0.2, 0) is 0 Å². The molecule has 13 heavy (non-hydrogen) atoms. The van der Waals surface area contributed by atoms with E-state index in [0.717, 1.165) is 18.8 Å². The lowest BCUT2D eigenvalue weighted by Crippen LogP contribution is -2.32. The van der Waals surface area contributed by atoms with Gasteiger partial charge in [0.2, 0.25) is 0 Å². The van der Waals surface area contributed by atoms with Crippen LogP contribution < -0.4 is 5.32 Å². The molecule has 0 aliphatic carbocycles. The Balaban J connectivity index is 3.79. The average molecular weight is 181 g/mol. The van der Waals surface area contributed by atoms with Crippen molar-refractivity contribution in [2.24, 2.45) is 5.92 Å². The van der Waals surface area contributed by atoms with Gasteiger partial charge in [0.1, 0.15) is 0 Å². The van der Waals surface area contributed by atoms with Crippen LogP contribution in [0.15, 0.2) is 0 Å². The fourth-order valence-corrected chi connectivity index (χ4v) is 1.90. The smallest absolute Gasteiger partial charge is 0.00924 e. The third-order valence-electron chi connectivity index (χ3n) is 2.82. The fourth-order valence-electron chi connectivity index (χ4n) is 1.90. The molecule has 0 heterocycles. The Bertz CT molecular complexity index is 142. The Morgan fingerprint density at radius 1 is 1.31 bits per heavy atom. The molecule has 1 unspecified atom stereocenters. The van der Waals surface area contributed by atoms with Crippen LogP contribution in [0.2, 0.25) is 0 Å². The standard InChI is InChI=1S/C12H23N/c1-5-8-9-10-12(13-4)11(6-2)7-3/h1,11-13H,6-10H2,2-4H3. The molecule has 0 bridgehead atoms. The van der Waals surface area contributed by atoms with Crippen LogP contribution in [0.5, 0.6) is 0 Å². The van der Waals surface area contributed by atoms with Crippen LogP contribution in [0.25, 0.3) is 0 Å². The van der Waals surface area contributed by atoms with Crippen LogP contribution in [0.4, 0.5) is 0 Å². The van der Waals surface area contributed by atoms with Crippen molar-refractivity contribution < 1.29 is 0 Å². The first-order valence-electron chi connectivity index (χ1n) is 5.40. The van der Waals surface area contributed by atoms with Gasteiger partial charge in [0, 0.05) is 12.5 Å². The molecule has 0 spiro atoms. The van der Waals surface area contributed by atoms with Crippen LogP contribution in [0, 0.1) is 18.3 Å². The summed E-state index contributed by atoms with van der Waals surface area (Å²) in [4.78, 5) is 0. The van der Waals surface area contributed by atoms with Crippen LogP contribution in [0.1, 0.15) is 46.0 Å². The van der Waals surface area contributed by atoms with Gasteiger partial charge in [0.25, 0.3) is 0 Å². The van der Waals surface area contributed by atoms with E-state index in [2.05, 4.69) is 32.1 Å². The van der Waals surface area contributed by atoms with E-state index in [-0.39, 0.29) is 0 Å². The van der Waals surface area contributed by atoms with Crippen molar-refractivity contribution in [1.82, 2.24) is 5.32 Å². The minimum Gasteiger partial charge on any atom is -0.317 e. The minimum atomic E-state index is 0.656. The summed E-state index contributed by atoms with van der Waals surface area (Å²) in [5.74, 6) is 3.50. The molecule has 0 radical (unpaired) electrons. The molecule has 0 saturated heterocycles. The molecule has 0 aromatic heterocycles. The molecule has 0 rings (SSSR count). The fraction of sp³-hybridized carbons (Fsp3) is 0.833. The predicted octanol–water partition coefficient (Wildman–Crippen LogP) is 2.81. The molecular formula is C12H23N. The van der Waals surface area contributed by atoms with E-state index in [1.165, 1.54) is 19.3 Å². The Hall–Kier alpha value is -0.480. The van der Waals surface area contributed by atoms with E-state index in [4.69, 9.17) is 6.42 Å². The zero-order valence-corrected chi connectivity index (χ0v) is 9.27. The lowest BCUT2D eigenvalue weighted by molar-refractivity contribution is 0.330. The van der Waals surface area contributed by atoms with Crippen molar-refractivity contribution in [3.8, 4) is 12.3 Å². The first kappa shape index (κ1) is 12.5. The summed E-state index contributed by atoms with van der Waals surface area (Å²) in [5.41, 5.74) is 0. The minimum absolute atomic E-state index is 0.656. The molecule has 1 nitrogen and oxygen atoms in total. The van der Waals surface area contributed by atoms with Gasteiger partial charge in [-0.3, -0.25) is 0 Å². The molecular weight excluding hydrogens is 158 g/mol. The quantitative estimate of drug-likeness (QED) is 0.470. The monoisotopic (exact) mass is 181 g/mol. The Labute approximate surface area is 83.3 Å². The first-order chi connectivity index (χ1) is 6.29. The molecule has 0 aromatic carbocycles. The number of rotatable bonds is 7. The van der Waals surface area contributed by atoms with E-state index < -0.39 is 0 Å². The lowest BCUT2D eigenvalue weighted by Gasteiger charge is -2.24. The van der Waals surface area contributed by atoms with Gasteiger partial charge >= 0.3 is 0 Å². The normalized spacial score (nSPS) is 12.8. The van der Waals surface area contributed by atoms with E-state index in [0.29, 0.717) is 6.04 Å². The third kappa shape index (κ3) is 4.95. The Morgan fingerprint density at radius 3 is 2.31 bits per heavy atom. The first-order valence-corrected chi connectivity index (χ1v) is 5.40. The maximum absolute atomic E-state index is 5.23. The maximum Gasteiger partial charge on any atom is 0.00924 e. The maximum atomic E-state index is 5.23. The van der Waals surface area contributed by atoms with Crippen molar-refractivity contribution in [3.05, 3.63) is 0 Å². The molecule has 0 fully saturated rings. The number of nitrogens with one attached hydrogen (secondary N) is 1. The molecule has 0 amide bonds. The van der Waals surface area contributed by atoms with Gasteiger partial charge in [-0.1, -0.05) is 26.7 Å². The predicted molar refractivity (Wildman–Crippen MR) is 59.6 cm³/mol. The molecule has 0 aliphatic heterocycles. The Kier molecular flexibility index (Phi) is 7.83. The van der Waals surface area contributed by atoms with Crippen molar-refractivity contribution >= 4 is 0 Å². The zero-order valence-electron chi connectivity index (χ0n) is 9.27. The van der Waals surface area contributed by atoms with Gasteiger partial charge in [0.05, 0.1) is 0 Å². The van der Waals surface area contributed by atoms with Crippen molar-refractivity contribution in [1.29, 1.82) is 0 Å². The summed E-state index contributed by atoms with van der Waals surface area (Å²) in [6.45, 7) is 4.53. The molecule has 0 aromatic rings. The van der Waals surface area contributed by atoms with Gasteiger partial charge in [-0.05, 0) is 25.8 Å². The summed E-state index contributed by atoms with van der Waals surface area (Å²) in [6, 6.07) is 0.656. The van der Waals surface area contributed by atoms with Gasteiger partial charge in [-0.15, -0.1) is 12.3 Å². The van der Waals surface area contributed by atoms with E-state index in [1.807, 2.05) is 0 Å². The van der Waals surface area contributed by atoms with Crippen LogP contribution in [0.3, 0.4) is 0 Å². The van der Waals surface area contributed by atoms with Crippen molar-refractivity contribution in [2.75, 3.05) is 7.05 Å². The number of hydrogen-bond acceptors (Lipinski definition) is 1. The highest BCUT2D eigenvalue weighted by Crippen LogP contribution is 2.17. The van der Waals surface area contributed by atoms with E-state index in [1.54, 1.807) is 0 Å². The second-order valence-corrected chi connectivity index (χ2v) is 3.57. The molecule has 0 saturated carbocycles. The van der Waals surface area contributed by atoms with Gasteiger partial charge in [0.15, 0.2) is 0 Å². The number of terminal acetylenes is 1. The third-order valence-corrected chi connectivity index (χ3v) is 2.82. The molecule has 1 heteroatoms. The summed E-state index contributed by atoms with van der Waals surface area (Å²) >= 11 is 0. The summed E-state index contributed by atoms with van der Waals surface area (Å²) in [5, 5.41) is 3.39. The van der Waals surface area contributed by atoms with Crippen molar-refractivity contribution in [3.63, 3.8) is 0 Å². The second-order valence-electron chi connectivity index (χ2n) is 3.57. The topological polar surface area (TPSA) is 12.0 Å². The lowest BCUT2D eigenvalue weighted by atomic mass is 9.90. The summed E-state index contributed by atoms with van der Waals surface area (Å²) < 4.78 is 0. The van der Waals surface area contributed by atoms with Crippen molar-refractivity contribution in [2.45, 2.75) is 52.0 Å². The van der Waals surface area contributed by atoms with E-state index >= 15 is 0 Å². The Morgan fingerprint density at radius 2 is 1.92 bits per heavy atom. The van der Waals surface area contributed by atoms with Gasteiger partial charge < -0.3 is 5.32 Å². The highest BCUT2D eigenvalue weighted by Gasteiger charge is 2.15. The second kappa shape index (κ2) is 8.13. The molecule has 76 valence electrons. The van der Waals surface area contributed by atoms with Gasteiger partial charge in [-0.25, -0.2) is 0 Å². The number of hydrogen-bond donors (Lipinski definition) is 1. The van der Waals surface area contributed by atoms with Crippen LogP contribution in [-0.4, -0.2) is 13.1 Å². The molecule has 0 aliphatic rings. The number of unbranched alkanes of at least 4 members (excludes halogenated alkanes) is 1. The van der Waals surface area contributed by atoms with E-state index in [9.17, 15) is 0 Å². The largest absolute Gasteiger partial charge is 0.317 e. The highest BCUT2D eigenvalue weighted by molar-refractivity contribution is 4.84. The van der Waals surface area contributed by atoms with Gasteiger partial charge in [-0.2, -0.15) is 0 Å². The highest BCUT2D eigenvalue weighted by atomic mass is 14.9. The molecule has 1 atom stereocenters.